The van der Waals surface area contributed by atoms with E-state index >= 15 is 0 Å². The first-order valence-corrected chi connectivity index (χ1v) is 5.88. The Morgan fingerprint density at radius 1 is 1.11 bits per heavy atom. The van der Waals surface area contributed by atoms with Crippen LogP contribution in [0.1, 0.15) is 11.3 Å². The quantitative estimate of drug-likeness (QED) is 0.844. The summed E-state index contributed by atoms with van der Waals surface area (Å²) in [7, 11) is 3.34. The Bertz CT molecular complexity index is 480. The van der Waals surface area contributed by atoms with E-state index in [0.717, 1.165) is 35.9 Å². The van der Waals surface area contributed by atoms with Gasteiger partial charge in [0.15, 0.2) is 5.76 Å². The fourth-order valence-electron chi connectivity index (χ4n) is 1.84. The summed E-state index contributed by atoms with van der Waals surface area (Å²) in [5.74, 6) is 2.69. The maximum absolute atomic E-state index is 5.33. The second-order valence-corrected chi connectivity index (χ2v) is 3.95. The van der Waals surface area contributed by atoms with Crippen LogP contribution in [-0.2, 0) is 13.1 Å². The first-order chi connectivity index (χ1) is 8.83. The van der Waals surface area contributed by atoms with Crippen LogP contribution in [0, 0.1) is 0 Å². The lowest BCUT2D eigenvalue weighted by Crippen LogP contribution is -2.80. The largest absolute Gasteiger partial charge is 0.497 e. The average molecular weight is 248 g/mol. The Balaban J connectivity index is 1.98. The van der Waals surface area contributed by atoms with Gasteiger partial charge in [-0.25, -0.2) is 0 Å². The second-order valence-electron chi connectivity index (χ2n) is 3.95. The maximum atomic E-state index is 5.33. The Morgan fingerprint density at radius 2 is 2.00 bits per heavy atom. The van der Waals surface area contributed by atoms with Gasteiger partial charge in [-0.05, 0) is 30.3 Å². The van der Waals surface area contributed by atoms with E-state index in [0.29, 0.717) is 0 Å². The van der Waals surface area contributed by atoms with Crippen LogP contribution in [0.4, 0.5) is 0 Å². The molecule has 2 rings (SSSR count). The number of ether oxygens (including phenoxy) is 2. The monoisotopic (exact) mass is 248 g/mol. The minimum absolute atomic E-state index is 0.813. The molecule has 0 unspecified atom stereocenters. The van der Waals surface area contributed by atoms with Crippen molar-refractivity contribution in [2.45, 2.75) is 13.1 Å². The standard InChI is InChI=1S/C14H17NO3/c1-16-12-5-6-14(17-2)11(8-12)9-15-10-13-4-3-7-18-13/h3-8,15H,9-10H2,1-2H3/p+1. The number of quaternary nitrogens is 1. The van der Waals surface area contributed by atoms with Crippen LogP contribution < -0.4 is 14.8 Å². The van der Waals surface area contributed by atoms with Crippen molar-refractivity contribution in [1.29, 1.82) is 0 Å². The van der Waals surface area contributed by atoms with Crippen LogP contribution in [0.3, 0.4) is 0 Å². The lowest BCUT2D eigenvalue weighted by atomic mass is 10.2. The van der Waals surface area contributed by atoms with Gasteiger partial charge in [0.1, 0.15) is 24.6 Å². The molecule has 0 aliphatic rings. The Morgan fingerprint density at radius 3 is 2.67 bits per heavy atom. The van der Waals surface area contributed by atoms with Crippen LogP contribution in [0.15, 0.2) is 41.0 Å². The molecule has 0 radical (unpaired) electrons. The first-order valence-electron chi connectivity index (χ1n) is 5.88. The molecule has 4 heteroatoms. The van der Waals surface area contributed by atoms with Gasteiger partial charge in [-0.1, -0.05) is 0 Å². The van der Waals surface area contributed by atoms with E-state index in [9.17, 15) is 0 Å². The number of methoxy groups -OCH3 is 2. The number of rotatable bonds is 6. The highest BCUT2D eigenvalue weighted by Gasteiger charge is 2.07. The molecule has 2 aromatic rings. The topological polar surface area (TPSA) is 48.2 Å². The van der Waals surface area contributed by atoms with Crippen molar-refractivity contribution in [2.24, 2.45) is 0 Å². The smallest absolute Gasteiger partial charge is 0.157 e. The molecule has 4 nitrogen and oxygen atoms in total. The van der Waals surface area contributed by atoms with Gasteiger partial charge in [-0.15, -0.1) is 0 Å². The zero-order valence-electron chi connectivity index (χ0n) is 10.7. The third-order valence-electron chi connectivity index (χ3n) is 2.78. The molecule has 0 aliphatic heterocycles. The zero-order chi connectivity index (χ0) is 12.8. The molecule has 18 heavy (non-hydrogen) atoms. The zero-order valence-corrected chi connectivity index (χ0v) is 10.7. The molecular formula is C14H18NO3+. The van der Waals surface area contributed by atoms with Gasteiger partial charge in [0.05, 0.1) is 26.0 Å². The fraction of sp³-hybridized carbons (Fsp3) is 0.286. The average Bonchev–Trinajstić information content (AvgIpc) is 2.92. The number of hydrogen-bond donors (Lipinski definition) is 1. The Labute approximate surface area is 107 Å². The summed E-state index contributed by atoms with van der Waals surface area (Å²) in [5.41, 5.74) is 1.11. The van der Waals surface area contributed by atoms with Crippen LogP contribution in [-0.4, -0.2) is 14.2 Å². The third-order valence-corrected chi connectivity index (χ3v) is 2.78. The molecule has 0 amide bonds. The van der Waals surface area contributed by atoms with Crippen molar-refractivity contribution in [1.82, 2.24) is 0 Å². The van der Waals surface area contributed by atoms with Crippen molar-refractivity contribution < 1.29 is 19.2 Å². The Hall–Kier alpha value is -1.94. The highest BCUT2D eigenvalue weighted by Crippen LogP contribution is 2.22. The number of nitrogens with two attached hydrogens (primary N) is 1. The lowest BCUT2D eigenvalue weighted by molar-refractivity contribution is -0.688. The maximum Gasteiger partial charge on any atom is 0.157 e. The summed E-state index contributed by atoms with van der Waals surface area (Å²) >= 11 is 0. The second kappa shape index (κ2) is 6.12. The summed E-state index contributed by atoms with van der Waals surface area (Å²) < 4.78 is 15.8. The van der Waals surface area contributed by atoms with E-state index < -0.39 is 0 Å². The summed E-state index contributed by atoms with van der Waals surface area (Å²) in [6, 6.07) is 9.69. The summed E-state index contributed by atoms with van der Waals surface area (Å²) in [6.45, 7) is 1.63. The molecule has 0 saturated carbocycles. The van der Waals surface area contributed by atoms with Gasteiger partial charge in [-0.2, -0.15) is 0 Å². The van der Waals surface area contributed by atoms with Gasteiger partial charge < -0.3 is 19.2 Å². The number of benzene rings is 1. The normalized spacial score (nSPS) is 10.3. The minimum atomic E-state index is 0.813. The van der Waals surface area contributed by atoms with E-state index in [1.54, 1.807) is 20.5 Å². The Kier molecular flexibility index (Phi) is 4.25. The minimum Gasteiger partial charge on any atom is -0.497 e. The molecule has 0 aliphatic carbocycles. The van der Waals surface area contributed by atoms with Crippen LogP contribution in [0.25, 0.3) is 0 Å². The van der Waals surface area contributed by atoms with Crippen LogP contribution in [0.2, 0.25) is 0 Å². The van der Waals surface area contributed by atoms with Gasteiger partial charge in [0.25, 0.3) is 0 Å². The molecule has 2 N–H and O–H groups in total. The highest BCUT2D eigenvalue weighted by molar-refractivity contribution is 5.39. The lowest BCUT2D eigenvalue weighted by Gasteiger charge is -2.09. The molecule has 1 heterocycles. The molecule has 1 aromatic carbocycles. The molecule has 0 saturated heterocycles. The van der Waals surface area contributed by atoms with Crippen LogP contribution in [0.5, 0.6) is 11.5 Å². The summed E-state index contributed by atoms with van der Waals surface area (Å²) in [4.78, 5) is 0. The molecular weight excluding hydrogens is 230 g/mol. The van der Waals surface area contributed by atoms with Crippen molar-refractivity contribution in [3.63, 3.8) is 0 Å². The van der Waals surface area contributed by atoms with E-state index in [1.807, 2.05) is 30.3 Å². The van der Waals surface area contributed by atoms with Crippen molar-refractivity contribution >= 4 is 0 Å². The molecule has 0 fully saturated rings. The van der Waals surface area contributed by atoms with Gasteiger partial charge in [-0.3, -0.25) is 0 Å². The van der Waals surface area contributed by atoms with E-state index in [-0.39, 0.29) is 0 Å². The van der Waals surface area contributed by atoms with Crippen molar-refractivity contribution in [2.75, 3.05) is 14.2 Å². The molecule has 1 aromatic heterocycles. The SMILES string of the molecule is COc1ccc(OC)c(C[NH2+]Cc2ccco2)c1. The number of furan rings is 1. The molecule has 0 bridgehead atoms. The van der Waals surface area contributed by atoms with Gasteiger partial charge in [0, 0.05) is 0 Å². The molecule has 96 valence electrons. The van der Waals surface area contributed by atoms with Gasteiger partial charge in [0.2, 0.25) is 0 Å². The first kappa shape index (κ1) is 12.5. The van der Waals surface area contributed by atoms with E-state index in [4.69, 9.17) is 13.9 Å². The summed E-state index contributed by atoms with van der Waals surface area (Å²) in [6.07, 6.45) is 1.69. The fourth-order valence-corrected chi connectivity index (χ4v) is 1.84. The summed E-state index contributed by atoms with van der Waals surface area (Å²) in [5, 5.41) is 2.16. The van der Waals surface area contributed by atoms with E-state index in [1.165, 1.54) is 0 Å². The third kappa shape index (κ3) is 3.05. The van der Waals surface area contributed by atoms with E-state index in [2.05, 4.69) is 5.32 Å². The van der Waals surface area contributed by atoms with Gasteiger partial charge >= 0.3 is 0 Å². The predicted octanol–water partition coefficient (Wildman–Crippen LogP) is 1.56. The molecule has 0 atom stereocenters. The molecule has 0 spiro atoms. The van der Waals surface area contributed by atoms with Crippen LogP contribution >= 0.6 is 0 Å². The number of hydrogen-bond acceptors (Lipinski definition) is 3. The van der Waals surface area contributed by atoms with Crippen molar-refractivity contribution in [3.05, 3.63) is 47.9 Å². The predicted molar refractivity (Wildman–Crippen MR) is 67.6 cm³/mol. The van der Waals surface area contributed by atoms with Crippen molar-refractivity contribution in [3.8, 4) is 11.5 Å². The highest BCUT2D eigenvalue weighted by atomic mass is 16.5.